The van der Waals surface area contributed by atoms with Crippen molar-refractivity contribution in [1.29, 1.82) is 0 Å². The van der Waals surface area contributed by atoms with Crippen LogP contribution in [0.25, 0.3) is 0 Å². The summed E-state index contributed by atoms with van der Waals surface area (Å²) >= 11 is 5.47. The van der Waals surface area contributed by atoms with Crippen molar-refractivity contribution in [3.05, 3.63) is 0 Å². The molecule has 2 unspecified atom stereocenters. The van der Waals surface area contributed by atoms with E-state index in [0.29, 0.717) is 12.5 Å². The van der Waals surface area contributed by atoms with Gasteiger partial charge >= 0.3 is 12.1 Å². The van der Waals surface area contributed by atoms with Crippen molar-refractivity contribution in [2.45, 2.75) is 52.6 Å². The van der Waals surface area contributed by atoms with E-state index in [0.717, 1.165) is 12.8 Å². The second-order valence-corrected chi connectivity index (χ2v) is 6.80. The lowest BCUT2D eigenvalue weighted by atomic mass is 10.1. The lowest BCUT2D eigenvalue weighted by Crippen LogP contribution is -2.51. The molecule has 0 radical (unpaired) electrons. The molecule has 0 aliphatic heterocycles. The number of halogens is 1. The third-order valence-corrected chi connectivity index (χ3v) is 4.12. The second kappa shape index (κ2) is 12.0. The van der Waals surface area contributed by atoms with Crippen molar-refractivity contribution in [1.82, 2.24) is 9.80 Å². The molecule has 0 rings (SSSR count). The Morgan fingerprint density at radius 2 is 1.52 bits per heavy atom. The zero-order valence-electron chi connectivity index (χ0n) is 16.1. The molecule has 0 saturated heterocycles. The van der Waals surface area contributed by atoms with Gasteiger partial charge in [-0.25, -0.2) is 9.59 Å². The maximum Gasteiger partial charge on any atom is 0.410 e. The molecule has 0 heterocycles. The van der Waals surface area contributed by atoms with E-state index in [1.165, 1.54) is 23.9 Å². The average molecular weight is 379 g/mol. The van der Waals surface area contributed by atoms with E-state index in [1.54, 1.807) is 13.8 Å². The monoisotopic (exact) mass is 378 g/mol. The van der Waals surface area contributed by atoms with Crippen LogP contribution in [0.5, 0.6) is 0 Å². The molecule has 0 aromatic heterocycles. The summed E-state index contributed by atoms with van der Waals surface area (Å²) in [4.78, 5) is 38.8. The molecule has 0 N–H and O–H groups in total. The van der Waals surface area contributed by atoms with E-state index >= 15 is 0 Å². The Bertz CT molecular complexity index is 445. The van der Waals surface area contributed by atoms with Gasteiger partial charge in [-0.3, -0.25) is 9.69 Å². The van der Waals surface area contributed by atoms with E-state index in [1.807, 2.05) is 0 Å². The second-order valence-electron chi connectivity index (χ2n) is 6.42. The van der Waals surface area contributed by atoms with Crippen LogP contribution in [-0.4, -0.2) is 73.0 Å². The number of esters is 1. The minimum absolute atomic E-state index is 0.0700. The zero-order valence-corrected chi connectivity index (χ0v) is 16.8. The predicted molar refractivity (Wildman–Crippen MR) is 96.6 cm³/mol. The van der Waals surface area contributed by atoms with Crippen LogP contribution in [0, 0.1) is 5.92 Å². The van der Waals surface area contributed by atoms with Crippen LogP contribution in [0.1, 0.15) is 40.5 Å². The Morgan fingerprint density at radius 3 is 2.04 bits per heavy atom. The normalized spacial score (nSPS) is 13.1. The lowest BCUT2D eigenvalue weighted by molar-refractivity contribution is -0.154. The van der Waals surface area contributed by atoms with E-state index < -0.39 is 24.1 Å². The minimum Gasteiger partial charge on any atom is -0.464 e. The van der Waals surface area contributed by atoms with Gasteiger partial charge in [0.15, 0.2) is 0 Å². The number of amides is 2. The number of alkyl halides is 1. The van der Waals surface area contributed by atoms with Gasteiger partial charge in [0.1, 0.15) is 18.7 Å². The number of hydrogen-bond acceptors (Lipinski definition) is 5. The topological polar surface area (TPSA) is 76.2 Å². The number of ether oxygens (including phenoxy) is 2. The number of hydrogen-bond donors (Lipinski definition) is 0. The van der Waals surface area contributed by atoms with Gasteiger partial charge < -0.3 is 14.4 Å². The lowest BCUT2D eigenvalue weighted by Gasteiger charge is -2.30. The van der Waals surface area contributed by atoms with Crippen LogP contribution in [0.15, 0.2) is 0 Å². The molecule has 25 heavy (non-hydrogen) atoms. The zero-order chi connectivity index (χ0) is 19.6. The van der Waals surface area contributed by atoms with Crippen LogP contribution in [0.3, 0.4) is 0 Å². The summed E-state index contributed by atoms with van der Waals surface area (Å²) in [6, 6.07) is -1.51. The Hall–Kier alpha value is -1.50. The van der Waals surface area contributed by atoms with Crippen LogP contribution >= 0.6 is 11.6 Å². The van der Waals surface area contributed by atoms with E-state index in [-0.39, 0.29) is 18.4 Å². The Kier molecular flexibility index (Phi) is 11.2. The first kappa shape index (κ1) is 23.5. The molecule has 0 fully saturated rings. The minimum atomic E-state index is -0.774. The molecule has 2 amide bonds. The van der Waals surface area contributed by atoms with Gasteiger partial charge in [-0.1, -0.05) is 13.8 Å². The van der Waals surface area contributed by atoms with E-state index in [9.17, 15) is 14.4 Å². The third kappa shape index (κ3) is 8.43. The number of nitrogens with zero attached hydrogens (tertiary/aromatic N) is 2. The summed E-state index contributed by atoms with van der Waals surface area (Å²) in [6.45, 7) is 7.78. The molecule has 0 aliphatic carbocycles. The van der Waals surface area contributed by atoms with Crippen molar-refractivity contribution < 1.29 is 23.9 Å². The standard InChI is InChI=1S/C17H31ClN2O5/c1-12(2)8-7-10-24-16(22)14(4)19(5)15(21)13(3)20(6)17(23)25-11-9-18/h12-14H,7-11H2,1-6H3. The Labute approximate surface area is 155 Å². The van der Waals surface area contributed by atoms with Crippen LogP contribution in [0.4, 0.5) is 4.79 Å². The summed E-state index contributed by atoms with van der Waals surface area (Å²) in [6.07, 6.45) is 1.13. The molecule has 7 nitrogen and oxygen atoms in total. The predicted octanol–water partition coefficient (Wildman–Crippen LogP) is 2.51. The first-order valence-electron chi connectivity index (χ1n) is 8.52. The highest BCUT2D eigenvalue weighted by atomic mass is 35.5. The van der Waals surface area contributed by atoms with Gasteiger partial charge in [0.2, 0.25) is 5.91 Å². The van der Waals surface area contributed by atoms with Crippen LogP contribution in [-0.2, 0) is 19.1 Å². The summed E-state index contributed by atoms with van der Waals surface area (Å²) in [7, 11) is 2.97. The average Bonchev–Trinajstić information content (AvgIpc) is 2.59. The first-order valence-corrected chi connectivity index (χ1v) is 9.05. The summed E-state index contributed by atoms with van der Waals surface area (Å²) < 4.78 is 10.1. The number of likely N-dealkylation sites (N-methyl/N-ethyl adjacent to an activating group) is 2. The SMILES string of the molecule is CC(C)CCCOC(=O)C(C)N(C)C(=O)C(C)N(C)C(=O)OCCCl. The fourth-order valence-electron chi connectivity index (χ4n) is 1.98. The molecule has 0 aromatic carbocycles. The summed E-state index contributed by atoms with van der Waals surface area (Å²) in [5.41, 5.74) is 0. The summed E-state index contributed by atoms with van der Waals surface area (Å²) in [5.74, 6) is -0.104. The fourth-order valence-corrected chi connectivity index (χ4v) is 2.06. The van der Waals surface area contributed by atoms with Gasteiger partial charge in [-0.05, 0) is 32.6 Å². The van der Waals surface area contributed by atoms with Crippen molar-refractivity contribution in [3.63, 3.8) is 0 Å². The quantitative estimate of drug-likeness (QED) is 0.331. The number of carbonyl (C=O) groups is 3. The highest BCUT2D eigenvalue weighted by Gasteiger charge is 2.31. The molecule has 0 aromatic rings. The molecular weight excluding hydrogens is 348 g/mol. The third-order valence-electron chi connectivity index (χ3n) is 3.97. The van der Waals surface area contributed by atoms with Crippen molar-refractivity contribution in [3.8, 4) is 0 Å². The van der Waals surface area contributed by atoms with Crippen LogP contribution < -0.4 is 0 Å². The van der Waals surface area contributed by atoms with E-state index in [2.05, 4.69) is 13.8 Å². The van der Waals surface area contributed by atoms with E-state index in [4.69, 9.17) is 21.1 Å². The van der Waals surface area contributed by atoms with Crippen molar-refractivity contribution in [2.75, 3.05) is 33.2 Å². The largest absolute Gasteiger partial charge is 0.464 e. The van der Waals surface area contributed by atoms with Crippen molar-refractivity contribution >= 4 is 29.6 Å². The molecular formula is C17H31ClN2O5. The maximum atomic E-state index is 12.5. The molecule has 8 heteroatoms. The van der Waals surface area contributed by atoms with Gasteiger partial charge in [0.25, 0.3) is 0 Å². The van der Waals surface area contributed by atoms with Gasteiger partial charge in [0.05, 0.1) is 12.5 Å². The molecule has 0 saturated carbocycles. The van der Waals surface area contributed by atoms with Crippen molar-refractivity contribution in [2.24, 2.45) is 5.92 Å². The molecule has 146 valence electrons. The van der Waals surface area contributed by atoms with Gasteiger partial charge in [-0.15, -0.1) is 11.6 Å². The van der Waals surface area contributed by atoms with Gasteiger partial charge in [0, 0.05) is 14.1 Å². The summed E-state index contributed by atoms with van der Waals surface area (Å²) in [5, 5.41) is 0. The highest BCUT2D eigenvalue weighted by Crippen LogP contribution is 2.09. The maximum absolute atomic E-state index is 12.5. The highest BCUT2D eigenvalue weighted by molar-refractivity contribution is 6.18. The first-order chi connectivity index (χ1) is 11.6. The Balaban J connectivity index is 4.53. The number of rotatable bonds is 10. The molecule has 0 aliphatic rings. The fraction of sp³-hybridized carbons (Fsp3) is 0.824. The van der Waals surface area contributed by atoms with Crippen LogP contribution in [0.2, 0.25) is 0 Å². The molecule has 0 spiro atoms. The molecule has 0 bridgehead atoms. The smallest absolute Gasteiger partial charge is 0.410 e. The van der Waals surface area contributed by atoms with Gasteiger partial charge in [-0.2, -0.15) is 0 Å². The Morgan fingerprint density at radius 1 is 0.920 bits per heavy atom. The molecule has 2 atom stereocenters. The number of carbonyl (C=O) groups excluding carboxylic acids is 3.